The smallest absolute Gasteiger partial charge is 0.293 e. The molecule has 0 aliphatic carbocycles. The summed E-state index contributed by atoms with van der Waals surface area (Å²) < 4.78 is 20.8. The van der Waals surface area contributed by atoms with Crippen LogP contribution in [0.25, 0.3) is 6.08 Å². The second kappa shape index (κ2) is 10.8. The van der Waals surface area contributed by atoms with Crippen LogP contribution in [0, 0.1) is 0 Å². The summed E-state index contributed by atoms with van der Waals surface area (Å²) in [5, 5.41) is 2.31. The van der Waals surface area contributed by atoms with E-state index in [9.17, 15) is 14.4 Å². The van der Waals surface area contributed by atoms with E-state index in [-0.39, 0.29) is 18.7 Å². The Bertz CT molecular complexity index is 1080. The van der Waals surface area contributed by atoms with Crippen LogP contribution in [0.5, 0.6) is 23.0 Å². The maximum Gasteiger partial charge on any atom is 0.293 e. The predicted octanol–water partition coefficient (Wildman–Crippen LogP) is 3.19. The third kappa shape index (κ3) is 5.40. The zero-order valence-electron chi connectivity index (χ0n) is 18.7. The van der Waals surface area contributed by atoms with E-state index in [0.717, 1.165) is 22.2 Å². The van der Waals surface area contributed by atoms with E-state index in [1.54, 1.807) is 43.5 Å². The topological polar surface area (TPSA) is 103 Å². The monoisotopic (exact) mass is 472 g/mol. The molecule has 3 amide bonds. The molecule has 0 atom stereocenters. The van der Waals surface area contributed by atoms with Crippen molar-refractivity contribution in [3.63, 3.8) is 0 Å². The molecule has 1 heterocycles. The summed E-state index contributed by atoms with van der Waals surface area (Å²) in [6, 6.07) is 10.2. The van der Waals surface area contributed by atoms with Crippen LogP contribution in [0.15, 0.2) is 41.3 Å². The largest absolute Gasteiger partial charge is 0.497 e. The van der Waals surface area contributed by atoms with Crippen LogP contribution >= 0.6 is 11.8 Å². The van der Waals surface area contributed by atoms with E-state index >= 15 is 0 Å². The first-order chi connectivity index (χ1) is 15.9. The Morgan fingerprint density at radius 3 is 2.18 bits per heavy atom. The van der Waals surface area contributed by atoms with Crippen molar-refractivity contribution in [2.24, 2.45) is 0 Å². The number of carbonyl (C=O) groups is 3. The van der Waals surface area contributed by atoms with Crippen molar-refractivity contribution in [2.45, 2.75) is 0 Å². The molecule has 0 radical (unpaired) electrons. The number of benzene rings is 2. The average molecular weight is 473 g/mol. The van der Waals surface area contributed by atoms with Crippen LogP contribution in [0.4, 0.5) is 4.79 Å². The molecule has 0 unspecified atom stereocenters. The highest BCUT2D eigenvalue weighted by atomic mass is 32.2. The molecule has 0 saturated carbocycles. The second-order valence-corrected chi connectivity index (χ2v) is 7.76. The summed E-state index contributed by atoms with van der Waals surface area (Å²) in [4.78, 5) is 39.1. The molecular weight excluding hydrogens is 448 g/mol. The zero-order valence-corrected chi connectivity index (χ0v) is 19.5. The minimum Gasteiger partial charge on any atom is -0.497 e. The number of methoxy groups -OCH3 is 4. The van der Waals surface area contributed by atoms with Crippen LogP contribution in [0.1, 0.15) is 15.9 Å². The quantitative estimate of drug-likeness (QED) is 0.555. The van der Waals surface area contributed by atoms with Gasteiger partial charge in [-0.05, 0) is 35.5 Å². The van der Waals surface area contributed by atoms with Gasteiger partial charge in [0.05, 0.1) is 38.9 Å². The number of amides is 3. The van der Waals surface area contributed by atoms with E-state index in [4.69, 9.17) is 18.9 Å². The van der Waals surface area contributed by atoms with Crippen LogP contribution in [-0.4, -0.2) is 63.5 Å². The van der Waals surface area contributed by atoms with Gasteiger partial charge in [0.15, 0.2) is 11.5 Å². The Morgan fingerprint density at radius 1 is 0.939 bits per heavy atom. The molecule has 3 rings (SSSR count). The Kier molecular flexibility index (Phi) is 7.83. The molecule has 1 aliphatic heterocycles. The lowest BCUT2D eigenvalue weighted by Gasteiger charge is -2.15. The van der Waals surface area contributed by atoms with Gasteiger partial charge in [0.2, 0.25) is 0 Å². The average Bonchev–Trinajstić information content (AvgIpc) is 3.10. The number of ether oxygens (including phenoxy) is 4. The lowest BCUT2D eigenvalue weighted by atomic mass is 10.1. The number of hydrogen-bond donors (Lipinski definition) is 1. The van der Waals surface area contributed by atoms with Crippen LogP contribution in [0.3, 0.4) is 0 Å². The van der Waals surface area contributed by atoms with Gasteiger partial charge in [-0.3, -0.25) is 19.3 Å². The van der Waals surface area contributed by atoms with Crippen molar-refractivity contribution in [2.75, 3.05) is 41.5 Å². The minimum absolute atomic E-state index is 0.0337. The molecular formula is C23H24N2O7S. The summed E-state index contributed by atoms with van der Waals surface area (Å²) in [7, 11) is 5.95. The molecule has 0 bridgehead atoms. The Labute approximate surface area is 195 Å². The van der Waals surface area contributed by atoms with Crippen molar-refractivity contribution in [1.29, 1.82) is 0 Å². The molecule has 9 nitrogen and oxygen atoms in total. The molecule has 0 aromatic heterocycles. The van der Waals surface area contributed by atoms with Gasteiger partial charge in [0.1, 0.15) is 11.5 Å². The standard InChI is InChI=1S/C23H24N2O7S/c1-29-15-7-5-14(6-8-15)11-20-22(27)25(23(28)33-20)10-9-24-21(26)16-12-18(31-3)19(32-4)13-17(16)30-2/h5-8,11-13H,9-10H2,1-4H3,(H,24,26). The van der Waals surface area contributed by atoms with Crippen molar-refractivity contribution in [1.82, 2.24) is 10.2 Å². The van der Waals surface area contributed by atoms with Gasteiger partial charge in [-0.1, -0.05) is 12.1 Å². The van der Waals surface area contributed by atoms with Crippen molar-refractivity contribution in [3.8, 4) is 23.0 Å². The van der Waals surface area contributed by atoms with Crippen LogP contribution in [0.2, 0.25) is 0 Å². The summed E-state index contributed by atoms with van der Waals surface area (Å²) in [6.07, 6.45) is 1.65. The number of rotatable bonds is 9. The first kappa shape index (κ1) is 24.0. The van der Waals surface area contributed by atoms with Crippen molar-refractivity contribution in [3.05, 3.63) is 52.4 Å². The van der Waals surface area contributed by atoms with Crippen molar-refractivity contribution < 1.29 is 33.3 Å². The summed E-state index contributed by atoms with van der Waals surface area (Å²) in [5.41, 5.74) is 1.01. The van der Waals surface area contributed by atoms with Crippen LogP contribution < -0.4 is 24.3 Å². The molecule has 1 saturated heterocycles. The van der Waals surface area contributed by atoms with E-state index in [2.05, 4.69) is 5.32 Å². The lowest BCUT2D eigenvalue weighted by molar-refractivity contribution is -0.122. The maximum atomic E-state index is 12.7. The molecule has 1 N–H and O–H groups in total. The molecule has 1 aliphatic rings. The van der Waals surface area contributed by atoms with E-state index < -0.39 is 17.1 Å². The number of carbonyl (C=O) groups excluding carboxylic acids is 3. The molecule has 10 heteroatoms. The molecule has 0 spiro atoms. The molecule has 2 aromatic rings. The fourth-order valence-electron chi connectivity index (χ4n) is 3.13. The highest BCUT2D eigenvalue weighted by Crippen LogP contribution is 2.35. The molecule has 174 valence electrons. The molecule has 33 heavy (non-hydrogen) atoms. The van der Waals surface area contributed by atoms with E-state index in [1.165, 1.54) is 27.4 Å². The summed E-state index contributed by atoms with van der Waals surface area (Å²) >= 11 is 0.861. The third-order valence-corrected chi connectivity index (χ3v) is 5.77. The zero-order chi connectivity index (χ0) is 24.0. The Morgan fingerprint density at radius 2 is 1.58 bits per heavy atom. The number of hydrogen-bond acceptors (Lipinski definition) is 8. The second-order valence-electron chi connectivity index (χ2n) is 6.77. The summed E-state index contributed by atoms with van der Waals surface area (Å²) in [6.45, 7) is 0.107. The first-order valence-electron chi connectivity index (χ1n) is 9.89. The first-order valence-corrected chi connectivity index (χ1v) is 10.7. The van der Waals surface area contributed by atoms with Gasteiger partial charge < -0.3 is 24.3 Å². The molecule has 2 aromatic carbocycles. The van der Waals surface area contributed by atoms with Crippen LogP contribution in [-0.2, 0) is 4.79 Å². The minimum atomic E-state index is -0.437. The Hall–Kier alpha value is -3.66. The number of thioether (sulfide) groups is 1. The molecule has 1 fully saturated rings. The Balaban J connectivity index is 1.64. The predicted molar refractivity (Wildman–Crippen MR) is 124 cm³/mol. The fraction of sp³-hybridized carbons (Fsp3) is 0.261. The van der Waals surface area contributed by atoms with Gasteiger partial charge in [-0.25, -0.2) is 0 Å². The number of imide groups is 1. The number of nitrogens with one attached hydrogen (secondary N) is 1. The summed E-state index contributed by atoms with van der Waals surface area (Å²) in [5.74, 6) is 0.957. The number of nitrogens with zero attached hydrogens (tertiary/aromatic N) is 1. The lowest BCUT2D eigenvalue weighted by Crippen LogP contribution is -2.37. The van der Waals surface area contributed by atoms with Gasteiger partial charge in [-0.15, -0.1) is 0 Å². The highest BCUT2D eigenvalue weighted by molar-refractivity contribution is 8.18. The normalized spacial score (nSPS) is 14.4. The van der Waals surface area contributed by atoms with Gasteiger partial charge in [-0.2, -0.15) is 0 Å². The van der Waals surface area contributed by atoms with Gasteiger partial charge in [0, 0.05) is 25.2 Å². The fourth-order valence-corrected chi connectivity index (χ4v) is 3.99. The van der Waals surface area contributed by atoms with Gasteiger partial charge >= 0.3 is 0 Å². The highest BCUT2D eigenvalue weighted by Gasteiger charge is 2.34. The van der Waals surface area contributed by atoms with Gasteiger partial charge in [0.25, 0.3) is 17.1 Å². The van der Waals surface area contributed by atoms with E-state index in [0.29, 0.717) is 27.9 Å². The van der Waals surface area contributed by atoms with E-state index in [1.807, 2.05) is 0 Å². The third-order valence-electron chi connectivity index (χ3n) is 4.86. The maximum absolute atomic E-state index is 12.7. The SMILES string of the molecule is COc1ccc(C=C2SC(=O)N(CCNC(=O)c3cc(OC)c(OC)cc3OC)C2=O)cc1. The van der Waals surface area contributed by atoms with Crippen molar-refractivity contribution >= 4 is 34.9 Å².